The van der Waals surface area contributed by atoms with E-state index in [0.29, 0.717) is 68.1 Å². The van der Waals surface area contributed by atoms with E-state index in [2.05, 4.69) is 15.5 Å². The lowest BCUT2D eigenvalue weighted by Crippen LogP contribution is -2.52. The second-order valence-corrected chi connectivity index (χ2v) is 11.9. The molecule has 3 heterocycles. The molecule has 2 N–H and O–H groups in total. The first-order chi connectivity index (χ1) is 20.4. The van der Waals surface area contributed by atoms with Crippen molar-refractivity contribution < 1.29 is 23.9 Å². The first-order valence-corrected chi connectivity index (χ1v) is 15.5. The summed E-state index contributed by atoms with van der Waals surface area (Å²) in [6, 6.07) is 14.4. The maximum Gasteiger partial charge on any atom is 0.255 e. The minimum Gasteiger partial charge on any atom is -0.492 e. The average Bonchev–Trinajstić information content (AvgIpc) is 3.53. The zero-order chi connectivity index (χ0) is 29.4. The van der Waals surface area contributed by atoms with Crippen LogP contribution >= 0.6 is 0 Å². The number of carbonyl (C=O) groups is 3. The highest BCUT2D eigenvalue weighted by atomic mass is 16.5. The molecule has 5 rings (SSSR count). The molecule has 3 amide bonds. The van der Waals surface area contributed by atoms with Crippen LogP contribution in [0.5, 0.6) is 11.5 Å². The monoisotopic (exact) mass is 576 g/mol. The number of benzene rings is 2. The molecule has 3 aliphatic rings. The summed E-state index contributed by atoms with van der Waals surface area (Å²) >= 11 is 0. The van der Waals surface area contributed by atoms with Crippen LogP contribution in [0.25, 0.3) is 0 Å². The number of ether oxygens (including phenoxy) is 2. The maximum absolute atomic E-state index is 13.7. The van der Waals surface area contributed by atoms with Gasteiger partial charge in [0.05, 0.1) is 17.0 Å². The second kappa shape index (κ2) is 14.1. The van der Waals surface area contributed by atoms with Crippen LogP contribution in [0, 0.1) is 5.41 Å². The molecule has 0 saturated carbocycles. The van der Waals surface area contributed by atoms with Gasteiger partial charge in [-0.25, -0.2) is 0 Å². The van der Waals surface area contributed by atoms with Gasteiger partial charge in [-0.05, 0) is 88.9 Å². The summed E-state index contributed by atoms with van der Waals surface area (Å²) in [5.74, 6) is 1.07. The van der Waals surface area contributed by atoms with E-state index in [1.165, 1.54) is 12.8 Å². The molecule has 1 atom stereocenters. The van der Waals surface area contributed by atoms with Crippen LogP contribution in [0.1, 0.15) is 72.6 Å². The number of fused-ring (bicyclic) bond motifs is 1. The molecule has 3 aliphatic heterocycles. The predicted molar refractivity (Wildman–Crippen MR) is 161 cm³/mol. The van der Waals surface area contributed by atoms with Crippen LogP contribution in [0.4, 0.5) is 0 Å². The van der Waals surface area contributed by atoms with Gasteiger partial charge in [0.1, 0.15) is 24.7 Å². The van der Waals surface area contributed by atoms with Gasteiger partial charge >= 0.3 is 0 Å². The maximum atomic E-state index is 13.7. The second-order valence-electron chi connectivity index (χ2n) is 11.9. The van der Waals surface area contributed by atoms with Crippen molar-refractivity contribution in [2.45, 2.75) is 57.9 Å². The van der Waals surface area contributed by atoms with Gasteiger partial charge in [-0.3, -0.25) is 19.3 Å². The summed E-state index contributed by atoms with van der Waals surface area (Å²) in [6.07, 6.45) is 5.99. The van der Waals surface area contributed by atoms with Crippen molar-refractivity contribution in [1.29, 1.82) is 0 Å². The van der Waals surface area contributed by atoms with Gasteiger partial charge < -0.3 is 25.0 Å². The Bertz CT molecular complexity index is 1240. The highest BCUT2D eigenvalue weighted by Crippen LogP contribution is 2.38. The fourth-order valence-electron chi connectivity index (χ4n) is 6.23. The van der Waals surface area contributed by atoms with Crippen molar-refractivity contribution in [2.75, 3.05) is 52.5 Å². The van der Waals surface area contributed by atoms with Crippen molar-refractivity contribution in [1.82, 2.24) is 20.4 Å². The Hall–Kier alpha value is -3.59. The summed E-state index contributed by atoms with van der Waals surface area (Å²) in [5.41, 5.74) is 0.556. The Morgan fingerprint density at radius 3 is 2.57 bits per heavy atom. The van der Waals surface area contributed by atoms with Gasteiger partial charge in [0, 0.05) is 31.7 Å². The van der Waals surface area contributed by atoms with Crippen LogP contribution in [0.15, 0.2) is 48.5 Å². The third-order valence-corrected chi connectivity index (χ3v) is 8.81. The average molecular weight is 577 g/mol. The molecule has 9 nitrogen and oxygen atoms in total. The first kappa shape index (κ1) is 29.9. The van der Waals surface area contributed by atoms with E-state index in [0.717, 1.165) is 32.5 Å². The third kappa shape index (κ3) is 7.43. The van der Waals surface area contributed by atoms with Crippen molar-refractivity contribution in [3.8, 4) is 11.5 Å². The fraction of sp³-hybridized carbons (Fsp3) is 0.545. The van der Waals surface area contributed by atoms with Crippen LogP contribution in [-0.2, 0) is 4.79 Å². The van der Waals surface area contributed by atoms with Gasteiger partial charge in [0.15, 0.2) is 0 Å². The smallest absolute Gasteiger partial charge is 0.255 e. The van der Waals surface area contributed by atoms with Crippen molar-refractivity contribution in [2.24, 2.45) is 5.41 Å². The van der Waals surface area contributed by atoms with Crippen LogP contribution in [0.2, 0.25) is 0 Å². The minimum absolute atomic E-state index is 0.0217. The summed E-state index contributed by atoms with van der Waals surface area (Å²) in [4.78, 5) is 44.2. The molecule has 2 aromatic rings. The molecule has 2 aromatic carbocycles. The van der Waals surface area contributed by atoms with Crippen molar-refractivity contribution >= 4 is 17.7 Å². The lowest BCUT2D eigenvalue weighted by Gasteiger charge is -2.41. The summed E-state index contributed by atoms with van der Waals surface area (Å²) in [6.45, 7) is 7.51. The van der Waals surface area contributed by atoms with Crippen molar-refractivity contribution in [3.63, 3.8) is 0 Å². The number of piperidine rings is 1. The van der Waals surface area contributed by atoms with Crippen LogP contribution < -0.4 is 20.1 Å². The topological polar surface area (TPSA) is 100 Å². The Kier molecular flexibility index (Phi) is 10.00. The molecule has 2 fully saturated rings. The summed E-state index contributed by atoms with van der Waals surface area (Å²) in [5, 5.41) is 6.16. The number of amides is 3. The first-order valence-electron chi connectivity index (χ1n) is 15.5. The summed E-state index contributed by atoms with van der Waals surface area (Å²) in [7, 11) is 0. The standard InChI is InChI=1S/C33H44N4O5/c1-25-24-42-29-12-3-2-11-28(29)30(38)34-16-5-4-13-33(32(40)35-25)14-19-37(20-15-33)31(39)26-9-8-10-27(23-26)41-22-21-36-17-6-7-18-36/h2-3,8-12,23,25H,4-7,13-22,24H2,1H3,(H,34,38)(H,35,40)/t25-/m1/s1. The lowest BCUT2D eigenvalue weighted by molar-refractivity contribution is -0.135. The van der Waals surface area contributed by atoms with Gasteiger partial charge in [-0.1, -0.05) is 24.6 Å². The molecule has 42 heavy (non-hydrogen) atoms. The van der Waals surface area contributed by atoms with Crippen LogP contribution in [0.3, 0.4) is 0 Å². The number of carbonyl (C=O) groups excluding carboxylic acids is 3. The van der Waals surface area contributed by atoms with Crippen molar-refractivity contribution in [3.05, 3.63) is 59.7 Å². The molecule has 0 aromatic heterocycles. The number of hydrogen-bond donors (Lipinski definition) is 2. The quantitative estimate of drug-likeness (QED) is 0.561. The summed E-state index contributed by atoms with van der Waals surface area (Å²) < 4.78 is 11.9. The van der Waals surface area contributed by atoms with E-state index in [-0.39, 0.29) is 30.4 Å². The number of nitrogens with zero attached hydrogens (tertiary/aromatic N) is 2. The fourth-order valence-corrected chi connectivity index (χ4v) is 6.23. The van der Waals surface area contributed by atoms with E-state index in [1.807, 2.05) is 48.2 Å². The van der Waals surface area contributed by atoms with E-state index >= 15 is 0 Å². The van der Waals surface area contributed by atoms with Gasteiger partial charge in [-0.2, -0.15) is 0 Å². The Morgan fingerprint density at radius 2 is 1.76 bits per heavy atom. The molecule has 0 aliphatic carbocycles. The van der Waals surface area contributed by atoms with E-state index < -0.39 is 5.41 Å². The Morgan fingerprint density at radius 1 is 0.976 bits per heavy atom. The van der Waals surface area contributed by atoms with Gasteiger partial charge in [0.25, 0.3) is 11.8 Å². The third-order valence-electron chi connectivity index (χ3n) is 8.81. The molecule has 0 radical (unpaired) electrons. The number of para-hydroxylation sites is 1. The van der Waals surface area contributed by atoms with E-state index in [1.54, 1.807) is 12.1 Å². The number of likely N-dealkylation sites (tertiary alicyclic amines) is 2. The SMILES string of the molecule is C[C@@H]1COc2ccccc2C(=O)NCCCCC2(CCN(C(=O)c3cccc(OCCN4CCCC4)c3)CC2)C(=O)N1. The highest BCUT2D eigenvalue weighted by Gasteiger charge is 2.42. The molecular weight excluding hydrogens is 532 g/mol. The molecule has 0 unspecified atom stereocenters. The molecule has 0 bridgehead atoms. The molecule has 2 saturated heterocycles. The number of nitrogens with one attached hydrogen (secondary N) is 2. The minimum atomic E-state index is -0.558. The highest BCUT2D eigenvalue weighted by molar-refractivity contribution is 5.97. The van der Waals surface area contributed by atoms with E-state index in [4.69, 9.17) is 9.47 Å². The predicted octanol–water partition coefficient (Wildman–Crippen LogP) is 3.88. The molecule has 9 heteroatoms. The number of rotatable bonds is 5. The molecule has 1 spiro atoms. The zero-order valence-corrected chi connectivity index (χ0v) is 24.7. The Balaban J connectivity index is 1.19. The van der Waals surface area contributed by atoms with E-state index in [9.17, 15) is 14.4 Å². The molecular formula is C33H44N4O5. The van der Waals surface area contributed by atoms with Gasteiger partial charge in [-0.15, -0.1) is 0 Å². The number of hydrogen-bond acceptors (Lipinski definition) is 6. The van der Waals surface area contributed by atoms with Crippen LogP contribution in [-0.4, -0.2) is 86.0 Å². The Labute approximate surface area is 248 Å². The zero-order valence-electron chi connectivity index (χ0n) is 24.7. The largest absolute Gasteiger partial charge is 0.492 e. The lowest BCUT2D eigenvalue weighted by atomic mass is 9.73. The normalized spacial score (nSPS) is 21.9. The van der Waals surface area contributed by atoms with Gasteiger partial charge in [0.2, 0.25) is 5.91 Å². The molecule has 226 valence electrons.